The summed E-state index contributed by atoms with van der Waals surface area (Å²) < 4.78 is 12.0. The van der Waals surface area contributed by atoms with Crippen molar-refractivity contribution < 1.29 is 49.1 Å². The fourth-order valence-electron chi connectivity index (χ4n) is 14.8. The molecule has 4 aromatic rings. The summed E-state index contributed by atoms with van der Waals surface area (Å²) >= 11 is 13.9. The summed E-state index contributed by atoms with van der Waals surface area (Å²) in [7, 11) is 0. The van der Waals surface area contributed by atoms with Gasteiger partial charge in [0.25, 0.3) is 0 Å². The minimum atomic E-state index is -1.26. The minimum absolute atomic E-state index is 0. The zero-order valence-corrected chi connectivity index (χ0v) is 47.7. The van der Waals surface area contributed by atoms with Crippen molar-refractivity contribution in [1.29, 1.82) is 0 Å². The quantitative estimate of drug-likeness (QED) is 0.0590. The number of fused-ring (bicyclic) bond motifs is 5. The SMILES string of the molecule is CC(C)CCCC(C)[C@H]1CC[C@H]2[C@@H]3CC[C@H]4C[C@@H](CCCC(c5cc(Cl)c(OCc6ccc(C(=O)O)cc6)c(C(=O)O)c5)c5cc(Cl)c(OCc6ccc(C(=O)O)cc6)c(C(=O)O)c5)CC[C@]4(C)[C@H]3CC[C@]12C.[Na]. The predicted molar refractivity (Wildman–Crippen MR) is 290 cm³/mol. The Bertz CT molecular complexity index is 2520. The van der Waals surface area contributed by atoms with Crippen LogP contribution in [0.3, 0.4) is 0 Å². The molecule has 74 heavy (non-hydrogen) atoms. The zero-order chi connectivity index (χ0) is 52.4. The molecule has 0 aromatic heterocycles. The Kier molecular flexibility index (Phi) is 19.1. The van der Waals surface area contributed by atoms with Crippen molar-refractivity contribution in [2.45, 2.75) is 150 Å². The third kappa shape index (κ3) is 12.5. The second kappa shape index (κ2) is 24.5. The van der Waals surface area contributed by atoms with Crippen molar-refractivity contribution in [3.05, 3.63) is 127 Å². The van der Waals surface area contributed by atoms with E-state index < -0.39 is 29.8 Å². The van der Waals surface area contributed by atoms with E-state index in [1.807, 2.05) is 0 Å². The maximum absolute atomic E-state index is 13.0. The maximum Gasteiger partial charge on any atom is 0.339 e. The molecule has 0 heterocycles. The molecule has 4 fully saturated rings. The number of carboxylic acids is 4. The number of carboxylic acid groups (broad SMARTS) is 4. The van der Waals surface area contributed by atoms with Crippen molar-refractivity contribution in [2.24, 2.45) is 58.2 Å². The van der Waals surface area contributed by atoms with E-state index in [1.165, 1.54) is 101 Å². The Morgan fingerprint density at radius 3 is 1.62 bits per heavy atom. The van der Waals surface area contributed by atoms with Crippen molar-refractivity contribution in [1.82, 2.24) is 0 Å². The van der Waals surface area contributed by atoms with Gasteiger partial charge in [-0.25, -0.2) is 19.2 Å². The molecular weight excluding hydrogens is 987 g/mol. The van der Waals surface area contributed by atoms with E-state index in [-0.39, 0.29) is 86.6 Å². The van der Waals surface area contributed by atoms with Gasteiger partial charge in [-0.1, -0.05) is 114 Å². The molecule has 9 atom stereocenters. The molecule has 0 bridgehead atoms. The van der Waals surface area contributed by atoms with Gasteiger partial charge < -0.3 is 29.9 Å². The van der Waals surface area contributed by atoms with Crippen LogP contribution < -0.4 is 9.47 Å². The Morgan fingerprint density at radius 1 is 0.608 bits per heavy atom. The Balaban J connectivity index is 0.00000800. The molecule has 0 spiro atoms. The third-order valence-corrected chi connectivity index (χ3v) is 19.2. The van der Waals surface area contributed by atoms with Gasteiger partial charge >= 0.3 is 23.9 Å². The van der Waals surface area contributed by atoms with Crippen LogP contribution in [0.5, 0.6) is 11.5 Å². The van der Waals surface area contributed by atoms with E-state index in [2.05, 4.69) is 34.6 Å². The van der Waals surface area contributed by atoms with Crippen LogP contribution in [0.4, 0.5) is 0 Å². The second-order valence-corrected chi connectivity index (χ2v) is 24.1. The third-order valence-electron chi connectivity index (χ3n) is 18.6. The largest absolute Gasteiger partial charge is 0.486 e. The number of ether oxygens (including phenoxy) is 2. The molecule has 4 saturated carbocycles. The van der Waals surface area contributed by atoms with Gasteiger partial charge in [-0.15, -0.1) is 0 Å². The van der Waals surface area contributed by atoms with Gasteiger partial charge in [-0.2, -0.15) is 0 Å². The Labute approximate surface area is 469 Å². The summed E-state index contributed by atoms with van der Waals surface area (Å²) in [5.74, 6) is 0.899. The van der Waals surface area contributed by atoms with Crippen molar-refractivity contribution in [3.63, 3.8) is 0 Å². The van der Waals surface area contributed by atoms with E-state index in [4.69, 9.17) is 32.7 Å². The second-order valence-electron chi connectivity index (χ2n) is 23.3. The van der Waals surface area contributed by atoms with Crippen LogP contribution in [0.1, 0.15) is 201 Å². The van der Waals surface area contributed by atoms with Gasteiger partial charge in [-0.3, -0.25) is 0 Å². The number of rotatable bonds is 21. The minimum Gasteiger partial charge on any atom is -0.486 e. The first-order valence-corrected chi connectivity index (χ1v) is 27.6. The molecule has 0 aliphatic heterocycles. The fourth-order valence-corrected chi connectivity index (χ4v) is 15.4. The van der Waals surface area contributed by atoms with Crippen LogP contribution in [0, 0.1) is 58.2 Å². The number of carbonyl (C=O) groups is 4. The number of aromatic carboxylic acids is 4. The summed E-state index contributed by atoms with van der Waals surface area (Å²) in [4.78, 5) is 48.8. The van der Waals surface area contributed by atoms with Crippen LogP contribution in [0.2, 0.25) is 10.0 Å². The summed E-state index contributed by atoms with van der Waals surface area (Å²) in [6.07, 6.45) is 18.2. The molecule has 1 radical (unpaired) electrons. The molecular formula is C61H74Cl2NaO10. The van der Waals surface area contributed by atoms with Crippen LogP contribution in [-0.4, -0.2) is 73.9 Å². The fraction of sp³-hybridized carbons (Fsp3) is 0.541. The smallest absolute Gasteiger partial charge is 0.339 e. The van der Waals surface area contributed by atoms with E-state index in [0.29, 0.717) is 51.3 Å². The number of hydrogen-bond donors (Lipinski definition) is 4. The van der Waals surface area contributed by atoms with Gasteiger partial charge in [0.2, 0.25) is 0 Å². The molecule has 4 N–H and O–H groups in total. The molecule has 8 rings (SSSR count). The van der Waals surface area contributed by atoms with Crippen molar-refractivity contribution in [2.75, 3.05) is 0 Å². The topological polar surface area (TPSA) is 168 Å². The molecule has 0 saturated heterocycles. The van der Waals surface area contributed by atoms with Gasteiger partial charge in [-0.05, 0) is 193 Å². The number of halogens is 2. The van der Waals surface area contributed by atoms with E-state index in [9.17, 15) is 39.6 Å². The molecule has 0 amide bonds. The van der Waals surface area contributed by atoms with Gasteiger partial charge in [0.1, 0.15) is 24.3 Å². The van der Waals surface area contributed by atoms with Crippen LogP contribution in [0.15, 0.2) is 72.8 Å². The normalized spacial score (nSPS) is 25.5. The number of benzene rings is 4. The standard InChI is InChI=1S/C61H74Cl2O10.Na/c1-35(2)8-6-9-36(3)49-22-23-50-46-21-20-44-28-37(24-26-60(44,4)51(46)25-27-61(49,50)5)10-7-11-45(42-29-47(58(68)69)54(52(62)31-42)72-33-38-12-16-40(17-13-38)56(64)65)43-30-48(59(70)71)55(53(63)32-43)73-34-39-14-18-41(19-15-39)57(66)67;/h12-19,29-32,35-37,44-46,49-51H,6-11,20-28,33-34H2,1-5H3,(H,64,65)(H,66,67)(H,68,69)(H,70,71);/t36?,37-,44-,46-,49+,50-,51-,60-,61+;/m0./s1. The monoisotopic (exact) mass is 1060 g/mol. The van der Waals surface area contributed by atoms with E-state index in [0.717, 1.165) is 48.3 Å². The Hall–Kier alpha value is -4.06. The molecule has 10 nitrogen and oxygen atoms in total. The van der Waals surface area contributed by atoms with Crippen LogP contribution in [0.25, 0.3) is 0 Å². The van der Waals surface area contributed by atoms with Crippen molar-refractivity contribution >= 4 is 76.6 Å². The Morgan fingerprint density at radius 2 is 1.12 bits per heavy atom. The molecule has 393 valence electrons. The summed E-state index contributed by atoms with van der Waals surface area (Å²) in [5, 5.41) is 40.0. The summed E-state index contributed by atoms with van der Waals surface area (Å²) in [5.41, 5.74) is 3.09. The van der Waals surface area contributed by atoms with Crippen molar-refractivity contribution in [3.8, 4) is 11.5 Å². The first kappa shape index (κ1) is 57.6. The summed E-state index contributed by atoms with van der Waals surface area (Å²) in [6, 6.07) is 18.6. The maximum atomic E-state index is 13.0. The van der Waals surface area contributed by atoms with E-state index in [1.54, 1.807) is 48.5 Å². The molecule has 4 aliphatic carbocycles. The average molecular weight is 1060 g/mol. The predicted octanol–water partition coefficient (Wildman–Crippen LogP) is 15.6. The van der Waals surface area contributed by atoms with Crippen LogP contribution in [-0.2, 0) is 13.2 Å². The zero-order valence-electron chi connectivity index (χ0n) is 44.1. The molecule has 4 aliphatic rings. The molecule has 4 aromatic carbocycles. The molecule has 13 heteroatoms. The van der Waals surface area contributed by atoms with Gasteiger partial charge in [0, 0.05) is 35.5 Å². The van der Waals surface area contributed by atoms with Gasteiger partial charge in [0.05, 0.1) is 21.2 Å². The summed E-state index contributed by atoms with van der Waals surface area (Å²) in [6.45, 7) is 12.4. The van der Waals surface area contributed by atoms with E-state index >= 15 is 0 Å². The first-order chi connectivity index (χ1) is 34.8. The number of hydrogen-bond acceptors (Lipinski definition) is 6. The van der Waals surface area contributed by atoms with Crippen LogP contribution >= 0.6 is 23.2 Å². The average Bonchev–Trinajstić information content (AvgIpc) is 3.71. The first-order valence-electron chi connectivity index (χ1n) is 26.8. The van der Waals surface area contributed by atoms with Gasteiger partial charge in [0.15, 0.2) is 11.5 Å². The molecule has 1 unspecified atom stereocenters.